The molecule has 0 radical (unpaired) electrons. The van der Waals surface area contributed by atoms with Gasteiger partial charge in [-0.1, -0.05) is 11.6 Å². The number of esters is 1. The van der Waals surface area contributed by atoms with Gasteiger partial charge >= 0.3 is 5.97 Å². The number of halogens is 1. The fourth-order valence-corrected chi connectivity index (χ4v) is 6.28. The van der Waals surface area contributed by atoms with Crippen LogP contribution in [0.5, 0.6) is 0 Å². The molecular weight excluding hydrogens is 396 g/mol. The monoisotopic (exact) mass is 420 g/mol. The van der Waals surface area contributed by atoms with Crippen molar-refractivity contribution in [3.8, 4) is 0 Å². The van der Waals surface area contributed by atoms with Crippen LogP contribution in [0.2, 0.25) is 5.02 Å². The van der Waals surface area contributed by atoms with Crippen molar-refractivity contribution in [2.45, 2.75) is 58.0 Å². The molecule has 0 aromatic heterocycles. The summed E-state index contributed by atoms with van der Waals surface area (Å²) in [7, 11) is 0. The predicted molar refractivity (Wildman–Crippen MR) is 108 cm³/mol. The standard InChI is InChI=1S/C21H25ClN2O5/c1-12(20(26)23-18-3-2-16(24(27)28)7-17(18)22)29-19(25)11-21-8-13-4-14(9-21)6-15(5-13)10-21/h2-3,7,12-15H,4-6,8-11H2,1H3,(H,23,26). The molecule has 156 valence electrons. The van der Waals surface area contributed by atoms with Crippen LogP contribution in [0.4, 0.5) is 11.4 Å². The lowest BCUT2D eigenvalue weighted by Gasteiger charge is -2.56. The van der Waals surface area contributed by atoms with E-state index < -0.39 is 16.9 Å². The lowest BCUT2D eigenvalue weighted by Crippen LogP contribution is -2.47. The van der Waals surface area contributed by atoms with Crippen LogP contribution >= 0.6 is 11.6 Å². The van der Waals surface area contributed by atoms with E-state index in [0.29, 0.717) is 6.42 Å². The Kier molecular flexibility index (Phi) is 5.27. The van der Waals surface area contributed by atoms with Crippen LogP contribution in [0.3, 0.4) is 0 Å². The molecule has 5 rings (SSSR count). The molecule has 1 N–H and O–H groups in total. The van der Waals surface area contributed by atoms with Gasteiger partial charge in [-0.05, 0) is 74.7 Å². The number of rotatable bonds is 6. The highest BCUT2D eigenvalue weighted by molar-refractivity contribution is 6.34. The lowest BCUT2D eigenvalue weighted by molar-refractivity contribution is -0.384. The number of anilines is 1. The van der Waals surface area contributed by atoms with Crippen molar-refractivity contribution >= 4 is 34.9 Å². The van der Waals surface area contributed by atoms with Gasteiger partial charge in [0.2, 0.25) is 0 Å². The van der Waals surface area contributed by atoms with Gasteiger partial charge in [0.15, 0.2) is 6.10 Å². The van der Waals surface area contributed by atoms with Gasteiger partial charge < -0.3 is 10.1 Å². The van der Waals surface area contributed by atoms with Gasteiger partial charge in [0, 0.05) is 12.1 Å². The van der Waals surface area contributed by atoms with E-state index >= 15 is 0 Å². The molecule has 4 aliphatic carbocycles. The zero-order valence-corrected chi connectivity index (χ0v) is 17.1. The summed E-state index contributed by atoms with van der Waals surface area (Å²) in [6.45, 7) is 1.52. The molecule has 0 heterocycles. The van der Waals surface area contributed by atoms with Gasteiger partial charge in [-0.2, -0.15) is 0 Å². The molecule has 1 atom stereocenters. The second kappa shape index (κ2) is 7.59. The van der Waals surface area contributed by atoms with Crippen molar-refractivity contribution in [2.75, 3.05) is 5.32 Å². The predicted octanol–water partition coefficient (Wildman–Crippen LogP) is 4.72. The van der Waals surface area contributed by atoms with Crippen molar-refractivity contribution in [1.82, 2.24) is 0 Å². The highest BCUT2D eigenvalue weighted by Gasteiger charge is 2.51. The molecule has 7 nitrogen and oxygen atoms in total. The third-order valence-corrected chi connectivity index (χ3v) is 7.10. The molecule has 4 aliphatic rings. The number of nitro benzene ring substituents is 1. The van der Waals surface area contributed by atoms with E-state index in [0.717, 1.165) is 37.0 Å². The van der Waals surface area contributed by atoms with Gasteiger partial charge in [0.05, 0.1) is 22.1 Å². The summed E-state index contributed by atoms with van der Waals surface area (Å²) in [6.07, 6.45) is 6.65. The first-order chi connectivity index (χ1) is 13.7. The summed E-state index contributed by atoms with van der Waals surface area (Å²) in [5.74, 6) is 1.40. The van der Waals surface area contributed by atoms with Gasteiger partial charge in [-0.25, -0.2) is 0 Å². The maximum atomic E-state index is 12.6. The first-order valence-electron chi connectivity index (χ1n) is 10.2. The number of nitro groups is 1. The number of amides is 1. The normalized spacial score (nSPS) is 30.6. The number of carbonyl (C=O) groups is 2. The van der Waals surface area contributed by atoms with E-state index in [1.165, 1.54) is 44.4 Å². The molecule has 4 saturated carbocycles. The van der Waals surface area contributed by atoms with E-state index in [4.69, 9.17) is 16.3 Å². The van der Waals surface area contributed by atoms with Crippen LogP contribution in [0.1, 0.15) is 51.9 Å². The van der Waals surface area contributed by atoms with E-state index in [-0.39, 0.29) is 27.8 Å². The third kappa shape index (κ3) is 4.25. The maximum Gasteiger partial charge on any atom is 0.307 e. The number of hydrogen-bond acceptors (Lipinski definition) is 5. The lowest BCUT2D eigenvalue weighted by atomic mass is 9.49. The third-order valence-electron chi connectivity index (χ3n) is 6.78. The number of nitrogens with zero attached hydrogens (tertiary/aromatic N) is 1. The topological polar surface area (TPSA) is 98.5 Å². The van der Waals surface area contributed by atoms with Crippen LogP contribution in [0.15, 0.2) is 18.2 Å². The molecular formula is C21H25ClN2O5. The average Bonchev–Trinajstić information content (AvgIpc) is 2.61. The zero-order chi connectivity index (χ0) is 20.8. The van der Waals surface area contributed by atoms with Crippen LogP contribution in [-0.2, 0) is 14.3 Å². The summed E-state index contributed by atoms with van der Waals surface area (Å²) in [6, 6.07) is 3.79. The van der Waals surface area contributed by atoms with Crippen molar-refractivity contribution < 1.29 is 19.2 Å². The summed E-state index contributed by atoms with van der Waals surface area (Å²) in [4.78, 5) is 35.2. The minimum atomic E-state index is -0.970. The molecule has 1 unspecified atom stereocenters. The molecule has 4 fully saturated rings. The quantitative estimate of drug-likeness (QED) is 0.407. The SMILES string of the molecule is CC(OC(=O)CC12CC3CC(CC(C3)C1)C2)C(=O)Nc1ccc([N+](=O)[O-])cc1Cl. The largest absolute Gasteiger partial charge is 0.453 e. The highest BCUT2D eigenvalue weighted by Crippen LogP contribution is 2.61. The fraction of sp³-hybridized carbons (Fsp3) is 0.619. The molecule has 29 heavy (non-hydrogen) atoms. The van der Waals surface area contributed by atoms with E-state index in [2.05, 4.69) is 5.32 Å². The Morgan fingerprint density at radius 1 is 1.24 bits per heavy atom. The summed E-state index contributed by atoms with van der Waals surface area (Å²) in [5, 5.41) is 13.4. The van der Waals surface area contributed by atoms with E-state index in [9.17, 15) is 19.7 Å². The number of nitrogens with one attached hydrogen (secondary N) is 1. The van der Waals surface area contributed by atoms with Crippen molar-refractivity contribution in [3.05, 3.63) is 33.3 Å². The van der Waals surface area contributed by atoms with Gasteiger partial charge in [0.25, 0.3) is 11.6 Å². The summed E-state index contributed by atoms with van der Waals surface area (Å²) >= 11 is 6.00. The molecule has 1 amide bonds. The molecule has 0 saturated heterocycles. The van der Waals surface area contributed by atoms with Gasteiger partial charge in [-0.15, -0.1) is 0 Å². The molecule has 0 aliphatic heterocycles. The maximum absolute atomic E-state index is 12.6. The fourth-order valence-electron chi connectivity index (χ4n) is 6.06. The van der Waals surface area contributed by atoms with Crippen molar-refractivity contribution in [2.24, 2.45) is 23.2 Å². The first kappa shape index (κ1) is 20.1. The number of non-ortho nitro benzene ring substituents is 1. The molecule has 1 aromatic carbocycles. The Hall–Kier alpha value is -2.15. The average molecular weight is 421 g/mol. The van der Waals surface area contributed by atoms with Gasteiger partial charge in [0.1, 0.15) is 0 Å². The molecule has 0 spiro atoms. The molecule has 1 aromatic rings. The van der Waals surface area contributed by atoms with Crippen LogP contribution in [0.25, 0.3) is 0 Å². The minimum absolute atomic E-state index is 0.0552. The van der Waals surface area contributed by atoms with Crippen molar-refractivity contribution in [1.29, 1.82) is 0 Å². The first-order valence-corrected chi connectivity index (χ1v) is 10.5. The van der Waals surface area contributed by atoms with Crippen LogP contribution < -0.4 is 5.32 Å². The van der Waals surface area contributed by atoms with Crippen molar-refractivity contribution in [3.63, 3.8) is 0 Å². The summed E-state index contributed by atoms with van der Waals surface area (Å²) in [5.41, 5.74) is 0.137. The summed E-state index contributed by atoms with van der Waals surface area (Å²) < 4.78 is 5.42. The van der Waals surface area contributed by atoms with E-state index in [1.54, 1.807) is 0 Å². The minimum Gasteiger partial charge on any atom is -0.453 e. The number of benzene rings is 1. The Labute approximate surface area is 174 Å². The second-order valence-corrected chi connectivity index (χ2v) is 9.54. The Morgan fingerprint density at radius 3 is 2.34 bits per heavy atom. The van der Waals surface area contributed by atoms with Gasteiger partial charge in [-0.3, -0.25) is 19.7 Å². The Morgan fingerprint density at radius 2 is 1.83 bits per heavy atom. The zero-order valence-electron chi connectivity index (χ0n) is 16.4. The number of hydrogen-bond donors (Lipinski definition) is 1. The smallest absolute Gasteiger partial charge is 0.307 e. The molecule has 8 heteroatoms. The highest BCUT2D eigenvalue weighted by atomic mass is 35.5. The van der Waals surface area contributed by atoms with Crippen LogP contribution in [0, 0.1) is 33.3 Å². The van der Waals surface area contributed by atoms with Crippen LogP contribution in [-0.4, -0.2) is 22.9 Å². The van der Waals surface area contributed by atoms with E-state index in [1.807, 2.05) is 0 Å². The Balaban J connectivity index is 1.33. The molecule has 4 bridgehead atoms. The number of ether oxygens (including phenoxy) is 1. The second-order valence-electron chi connectivity index (χ2n) is 9.14. The Bertz CT molecular complexity index is 820. The number of carbonyl (C=O) groups excluding carboxylic acids is 2.